The Morgan fingerprint density at radius 2 is 2.00 bits per heavy atom. The summed E-state index contributed by atoms with van der Waals surface area (Å²) in [6.45, 7) is 2.82. The van der Waals surface area contributed by atoms with Crippen molar-refractivity contribution >= 4 is 18.3 Å². The second kappa shape index (κ2) is 9.84. The van der Waals surface area contributed by atoms with E-state index in [2.05, 4.69) is 0 Å². The third kappa shape index (κ3) is 6.27. The van der Waals surface area contributed by atoms with Gasteiger partial charge in [0.1, 0.15) is 0 Å². The molecule has 6 heteroatoms. The normalized spacial score (nSPS) is 13.8. The second-order valence-electron chi connectivity index (χ2n) is 3.61. The van der Waals surface area contributed by atoms with Gasteiger partial charge >= 0.3 is 0 Å². The summed E-state index contributed by atoms with van der Waals surface area (Å²) in [6.07, 6.45) is 0.118. The smallest absolute Gasteiger partial charge is 0.225 e. The molecule has 0 spiro atoms. The number of rotatable bonds is 7. The van der Waals surface area contributed by atoms with Gasteiger partial charge in [-0.05, 0) is 6.92 Å². The van der Waals surface area contributed by atoms with E-state index in [0.29, 0.717) is 19.6 Å². The highest BCUT2D eigenvalue weighted by atomic mass is 35.5. The summed E-state index contributed by atoms with van der Waals surface area (Å²) in [5, 5.41) is 0. The summed E-state index contributed by atoms with van der Waals surface area (Å²) < 4.78 is 10.0. The SMILES string of the molecule is COCC(C)N(C)C(=O)CC(CN)OC.Cl. The summed E-state index contributed by atoms with van der Waals surface area (Å²) in [5.41, 5.74) is 5.45. The summed E-state index contributed by atoms with van der Waals surface area (Å²) in [7, 11) is 4.94. The van der Waals surface area contributed by atoms with Gasteiger partial charge in [-0.1, -0.05) is 0 Å². The minimum absolute atomic E-state index is 0. The van der Waals surface area contributed by atoms with Gasteiger partial charge in [0.15, 0.2) is 0 Å². The number of nitrogens with two attached hydrogens (primary N) is 1. The molecule has 0 bridgehead atoms. The van der Waals surface area contributed by atoms with Crippen LogP contribution in [0.25, 0.3) is 0 Å². The number of methoxy groups -OCH3 is 2. The minimum Gasteiger partial charge on any atom is -0.383 e. The van der Waals surface area contributed by atoms with Crippen LogP contribution in [0.3, 0.4) is 0 Å². The van der Waals surface area contributed by atoms with Gasteiger partial charge < -0.3 is 20.1 Å². The number of amides is 1. The molecule has 0 aromatic heterocycles. The Labute approximate surface area is 104 Å². The van der Waals surface area contributed by atoms with E-state index in [4.69, 9.17) is 15.2 Å². The van der Waals surface area contributed by atoms with E-state index >= 15 is 0 Å². The molecule has 0 fully saturated rings. The first-order valence-corrected chi connectivity index (χ1v) is 5.04. The molecule has 1 amide bonds. The van der Waals surface area contributed by atoms with Gasteiger partial charge in [-0.2, -0.15) is 0 Å². The van der Waals surface area contributed by atoms with Crippen molar-refractivity contribution in [3.63, 3.8) is 0 Å². The highest BCUT2D eigenvalue weighted by molar-refractivity contribution is 5.85. The number of likely N-dealkylation sites (N-methyl/N-ethyl adjacent to an activating group) is 1. The van der Waals surface area contributed by atoms with Gasteiger partial charge in [0.05, 0.1) is 25.2 Å². The van der Waals surface area contributed by atoms with Crippen LogP contribution in [0, 0.1) is 0 Å². The predicted octanol–water partition coefficient (Wildman–Crippen LogP) is 0.265. The number of hydrogen-bond donors (Lipinski definition) is 1. The van der Waals surface area contributed by atoms with Gasteiger partial charge in [-0.3, -0.25) is 4.79 Å². The van der Waals surface area contributed by atoms with E-state index in [1.165, 1.54) is 0 Å². The van der Waals surface area contributed by atoms with Crippen LogP contribution in [0.4, 0.5) is 0 Å². The molecular formula is C10H23ClN2O3. The van der Waals surface area contributed by atoms with E-state index in [9.17, 15) is 4.79 Å². The van der Waals surface area contributed by atoms with Crippen LogP contribution in [0.1, 0.15) is 13.3 Å². The molecule has 98 valence electrons. The fourth-order valence-electron chi connectivity index (χ4n) is 1.20. The second-order valence-corrected chi connectivity index (χ2v) is 3.61. The van der Waals surface area contributed by atoms with E-state index in [0.717, 1.165) is 0 Å². The molecule has 0 saturated carbocycles. The number of hydrogen-bond acceptors (Lipinski definition) is 4. The number of halogens is 1. The molecule has 16 heavy (non-hydrogen) atoms. The van der Waals surface area contributed by atoms with Gasteiger partial charge in [-0.25, -0.2) is 0 Å². The monoisotopic (exact) mass is 254 g/mol. The molecule has 2 unspecified atom stereocenters. The summed E-state index contributed by atoms with van der Waals surface area (Å²) >= 11 is 0. The average molecular weight is 255 g/mol. The first kappa shape index (κ1) is 18.0. The van der Waals surface area contributed by atoms with Crippen LogP contribution >= 0.6 is 12.4 Å². The van der Waals surface area contributed by atoms with Gasteiger partial charge in [0, 0.05) is 27.8 Å². The zero-order chi connectivity index (χ0) is 11.8. The standard InChI is InChI=1S/C10H22N2O3.ClH/c1-8(7-14-3)12(2)10(13)5-9(6-11)15-4;/h8-9H,5-7,11H2,1-4H3;1H. The molecule has 0 aliphatic heterocycles. The third-order valence-electron chi connectivity index (χ3n) is 2.46. The molecule has 2 N–H and O–H groups in total. The van der Waals surface area contributed by atoms with Gasteiger partial charge in [0.25, 0.3) is 0 Å². The number of ether oxygens (including phenoxy) is 2. The van der Waals surface area contributed by atoms with E-state index < -0.39 is 0 Å². The van der Waals surface area contributed by atoms with Crippen LogP contribution in [0.5, 0.6) is 0 Å². The van der Waals surface area contributed by atoms with Gasteiger partial charge in [-0.15, -0.1) is 12.4 Å². The molecule has 5 nitrogen and oxygen atoms in total. The van der Waals surface area contributed by atoms with E-state index in [1.54, 1.807) is 26.2 Å². The van der Waals surface area contributed by atoms with E-state index in [-0.39, 0.29) is 30.5 Å². The average Bonchev–Trinajstić information content (AvgIpc) is 2.24. The summed E-state index contributed by atoms with van der Waals surface area (Å²) in [4.78, 5) is 13.4. The molecular weight excluding hydrogens is 232 g/mol. The molecule has 0 aliphatic carbocycles. The highest BCUT2D eigenvalue weighted by Gasteiger charge is 2.19. The zero-order valence-corrected chi connectivity index (χ0v) is 11.3. The number of carbonyl (C=O) groups is 1. The topological polar surface area (TPSA) is 64.8 Å². The van der Waals surface area contributed by atoms with Crippen molar-refractivity contribution in [3.05, 3.63) is 0 Å². The Kier molecular flexibility index (Phi) is 11.1. The van der Waals surface area contributed by atoms with Crippen molar-refractivity contribution in [3.8, 4) is 0 Å². The summed E-state index contributed by atoms with van der Waals surface area (Å²) in [5.74, 6) is 0.0249. The maximum atomic E-state index is 11.7. The number of nitrogens with zero attached hydrogens (tertiary/aromatic N) is 1. The Balaban J connectivity index is 0. The first-order valence-electron chi connectivity index (χ1n) is 5.04. The van der Waals surface area contributed by atoms with Crippen LogP contribution in [0.15, 0.2) is 0 Å². The fraction of sp³-hybridized carbons (Fsp3) is 0.900. The predicted molar refractivity (Wildman–Crippen MR) is 65.8 cm³/mol. The largest absolute Gasteiger partial charge is 0.383 e. The lowest BCUT2D eigenvalue weighted by Crippen LogP contribution is -2.40. The van der Waals surface area contributed by atoms with Crippen LogP contribution in [0.2, 0.25) is 0 Å². The molecule has 0 aromatic carbocycles. The van der Waals surface area contributed by atoms with Crippen molar-refractivity contribution in [1.29, 1.82) is 0 Å². The fourth-order valence-corrected chi connectivity index (χ4v) is 1.20. The Morgan fingerprint density at radius 3 is 2.38 bits per heavy atom. The minimum atomic E-state index is -0.199. The van der Waals surface area contributed by atoms with Crippen molar-refractivity contribution in [2.75, 3.05) is 34.4 Å². The molecule has 2 atom stereocenters. The van der Waals surface area contributed by atoms with Crippen molar-refractivity contribution in [1.82, 2.24) is 4.90 Å². The molecule has 0 heterocycles. The van der Waals surface area contributed by atoms with Crippen LogP contribution in [-0.4, -0.2) is 57.4 Å². The van der Waals surface area contributed by atoms with Crippen LogP contribution in [-0.2, 0) is 14.3 Å². The maximum absolute atomic E-state index is 11.7. The maximum Gasteiger partial charge on any atom is 0.225 e. The molecule has 0 radical (unpaired) electrons. The third-order valence-corrected chi connectivity index (χ3v) is 2.46. The first-order chi connectivity index (χ1) is 7.06. The number of carbonyl (C=O) groups excluding carboxylic acids is 1. The lowest BCUT2D eigenvalue weighted by Gasteiger charge is -2.25. The van der Waals surface area contributed by atoms with Gasteiger partial charge in [0.2, 0.25) is 5.91 Å². The molecule has 0 aliphatic rings. The zero-order valence-electron chi connectivity index (χ0n) is 10.4. The van der Waals surface area contributed by atoms with E-state index in [1.807, 2.05) is 6.92 Å². The molecule has 0 rings (SSSR count). The van der Waals surface area contributed by atoms with Crippen LogP contribution < -0.4 is 5.73 Å². The van der Waals surface area contributed by atoms with Crippen molar-refractivity contribution in [2.24, 2.45) is 5.73 Å². The lowest BCUT2D eigenvalue weighted by molar-refractivity contribution is -0.135. The molecule has 0 saturated heterocycles. The Bertz CT molecular complexity index is 189. The summed E-state index contributed by atoms with van der Waals surface area (Å²) in [6, 6.07) is 0.0674. The molecule has 0 aromatic rings. The lowest BCUT2D eigenvalue weighted by atomic mass is 10.2. The van der Waals surface area contributed by atoms with Crippen molar-refractivity contribution in [2.45, 2.75) is 25.5 Å². The Hall–Kier alpha value is -0.360. The van der Waals surface area contributed by atoms with Crippen molar-refractivity contribution < 1.29 is 14.3 Å². The highest BCUT2D eigenvalue weighted by Crippen LogP contribution is 2.03. The Morgan fingerprint density at radius 1 is 1.44 bits per heavy atom. The quantitative estimate of drug-likeness (QED) is 0.708.